The van der Waals surface area contributed by atoms with E-state index in [-0.39, 0.29) is 5.04 Å². The van der Waals surface area contributed by atoms with Crippen LogP contribution in [-0.2, 0) is 11.0 Å². The number of pyridine rings is 2. The summed E-state index contributed by atoms with van der Waals surface area (Å²) in [5.41, 5.74) is 0.927. The molecule has 20 heavy (non-hydrogen) atoms. The molecule has 0 atom stereocenters. The van der Waals surface area contributed by atoms with Crippen LogP contribution in [0.25, 0.3) is 10.8 Å². The Hall–Kier alpha value is -0.973. The number of nitrogens with zero attached hydrogens (tertiary/aromatic N) is 2. The molecule has 2 rings (SSSR count). The summed E-state index contributed by atoms with van der Waals surface area (Å²) in [6.07, 6.45) is 3.57. The quantitative estimate of drug-likeness (QED) is 0.603. The van der Waals surface area contributed by atoms with Crippen LogP contribution in [0.4, 0.5) is 0 Å². The van der Waals surface area contributed by atoms with Crippen molar-refractivity contribution in [3.05, 3.63) is 35.4 Å². The minimum Gasteiger partial charge on any atom is -0.411 e. The summed E-state index contributed by atoms with van der Waals surface area (Å²) in [6, 6.07) is 3.79. The fraction of sp³-hybridized carbons (Fsp3) is 0.467. The summed E-state index contributed by atoms with van der Waals surface area (Å²) in [5.74, 6) is 0. The first-order chi connectivity index (χ1) is 9.21. The van der Waals surface area contributed by atoms with Crippen LogP contribution in [0.15, 0.2) is 24.5 Å². The average Bonchev–Trinajstić information content (AvgIpc) is 2.35. The van der Waals surface area contributed by atoms with Crippen LogP contribution >= 0.6 is 11.6 Å². The third-order valence-corrected chi connectivity index (χ3v) is 8.76. The maximum absolute atomic E-state index is 6.24. The zero-order valence-electron chi connectivity index (χ0n) is 12.7. The predicted molar refractivity (Wildman–Crippen MR) is 86.5 cm³/mol. The van der Waals surface area contributed by atoms with Gasteiger partial charge in [-0.1, -0.05) is 32.4 Å². The normalized spacial score (nSPS) is 12.9. The van der Waals surface area contributed by atoms with Gasteiger partial charge in [-0.3, -0.25) is 4.98 Å². The Kier molecular flexibility index (Phi) is 4.18. The number of aromatic nitrogens is 2. The Bertz CT molecular complexity index is 623. The number of rotatable bonds is 3. The molecule has 108 valence electrons. The van der Waals surface area contributed by atoms with Crippen molar-refractivity contribution in [1.82, 2.24) is 9.97 Å². The van der Waals surface area contributed by atoms with Crippen LogP contribution in [0, 0.1) is 0 Å². The van der Waals surface area contributed by atoms with Gasteiger partial charge in [-0.15, -0.1) is 0 Å². The maximum atomic E-state index is 6.24. The predicted octanol–water partition coefficient (Wildman–Crippen LogP) is 4.81. The molecule has 0 spiro atoms. The molecule has 0 radical (unpaired) electrons. The van der Waals surface area contributed by atoms with Crippen LogP contribution in [0.3, 0.4) is 0 Å². The van der Waals surface area contributed by atoms with E-state index in [4.69, 9.17) is 16.0 Å². The van der Waals surface area contributed by atoms with Crippen LogP contribution in [0.5, 0.6) is 0 Å². The first kappa shape index (κ1) is 15.4. The van der Waals surface area contributed by atoms with Crippen LogP contribution in [-0.4, -0.2) is 18.3 Å². The van der Waals surface area contributed by atoms with Crippen molar-refractivity contribution in [2.24, 2.45) is 0 Å². The van der Waals surface area contributed by atoms with Gasteiger partial charge in [-0.05, 0) is 30.3 Å². The molecule has 0 aliphatic heterocycles. The van der Waals surface area contributed by atoms with Crippen molar-refractivity contribution in [3.63, 3.8) is 0 Å². The summed E-state index contributed by atoms with van der Waals surface area (Å²) in [4.78, 5) is 8.55. The molecule has 0 saturated heterocycles. The van der Waals surface area contributed by atoms with Crippen molar-refractivity contribution >= 4 is 30.7 Å². The second-order valence-corrected chi connectivity index (χ2v) is 11.7. The lowest BCUT2D eigenvalue weighted by molar-refractivity contribution is 0.273. The van der Waals surface area contributed by atoms with E-state index >= 15 is 0 Å². The molecule has 0 N–H and O–H groups in total. The number of fused-ring (bicyclic) bond motifs is 1. The maximum Gasteiger partial charge on any atom is 0.192 e. The van der Waals surface area contributed by atoms with Gasteiger partial charge in [-0.2, -0.15) is 0 Å². The highest BCUT2D eigenvalue weighted by atomic mass is 35.5. The van der Waals surface area contributed by atoms with Gasteiger partial charge in [0.15, 0.2) is 8.32 Å². The van der Waals surface area contributed by atoms with Crippen LogP contribution in [0.2, 0.25) is 23.3 Å². The van der Waals surface area contributed by atoms with Gasteiger partial charge in [0.05, 0.1) is 12.3 Å². The topological polar surface area (TPSA) is 35.0 Å². The Morgan fingerprint density at radius 1 is 1.25 bits per heavy atom. The van der Waals surface area contributed by atoms with E-state index < -0.39 is 8.32 Å². The molecule has 2 aromatic heterocycles. The summed E-state index contributed by atoms with van der Waals surface area (Å²) in [5, 5.41) is 2.74. The monoisotopic (exact) mass is 308 g/mol. The summed E-state index contributed by atoms with van der Waals surface area (Å²) in [6.45, 7) is 11.7. The molecule has 3 nitrogen and oxygen atoms in total. The zero-order valence-corrected chi connectivity index (χ0v) is 14.5. The minimum atomic E-state index is -1.78. The fourth-order valence-corrected chi connectivity index (χ4v) is 2.77. The molecule has 0 aromatic carbocycles. The smallest absolute Gasteiger partial charge is 0.192 e. The molecule has 0 aliphatic carbocycles. The Morgan fingerprint density at radius 3 is 2.60 bits per heavy atom. The van der Waals surface area contributed by atoms with Gasteiger partial charge in [0.25, 0.3) is 0 Å². The molecule has 2 heterocycles. The van der Waals surface area contributed by atoms with E-state index in [2.05, 4.69) is 43.8 Å². The Labute approximate surface area is 126 Å². The Morgan fingerprint density at radius 2 is 1.95 bits per heavy atom. The van der Waals surface area contributed by atoms with E-state index in [1.807, 2.05) is 12.1 Å². The molecular formula is C15H21ClN2OSi. The first-order valence-electron chi connectivity index (χ1n) is 6.74. The number of hydrogen-bond donors (Lipinski definition) is 0. The molecule has 0 saturated carbocycles. The van der Waals surface area contributed by atoms with E-state index in [1.165, 1.54) is 0 Å². The highest BCUT2D eigenvalue weighted by molar-refractivity contribution is 6.74. The fourth-order valence-electron chi connectivity index (χ4n) is 1.68. The minimum absolute atomic E-state index is 0.191. The highest BCUT2D eigenvalue weighted by Gasteiger charge is 2.37. The van der Waals surface area contributed by atoms with Crippen molar-refractivity contribution < 1.29 is 4.43 Å². The van der Waals surface area contributed by atoms with Crippen molar-refractivity contribution in [3.8, 4) is 0 Å². The van der Waals surface area contributed by atoms with E-state index in [0.717, 1.165) is 16.5 Å². The molecule has 0 fully saturated rings. The van der Waals surface area contributed by atoms with Crippen molar-refractivity contribution in [2.75, 3.05) is 0 Å². The molecule has 0 aliphatic rings. The van der Waals surface area contributed by atoms with Crippen LogP contribution in [0.1, 0.15) is 26.5 Å². The summed E-state index contributed by atoms with van der Waals surface area (Å²) >= 11 is 5.98. The Balaban J connectivity index is 2.29. The third kappa shape index (κ3) is 3.19. The van der Waals surface area contributed by atoms with E-state index in [0.29, 0.717) is 11.8 Å². The van der Waals surface area contributed by atoms with Gasteiger partial charge < -0.3 is 4.43 Å². The standard InChI is InChI=1S/C15H21ClN2OSi/c1-15(2,3)20(4,5)19-10-13-12-8-14(16)18-9-11(12)6-7-17-13/h6-9H,10H2,1-5H3. The average molecular weight is 309 g/mol. The SMILES string of the molecule is CC(C)(C)[Si](C)(C)OCc1nccc2cnc(Cl)cc12. The first-order valence-corrected chi connectivity index (χ1v) is 10.0. The van der Waals surface area contributed by atoms with Gasteiger partial charge in [0, 0.05) is 23.2 Å². The van der Waals surface area contributed by atoms with Gasteiger partial charge in [-0.25, -0.2) is 4.98 Å². The number of hydrogen-bond acceptors (Lipinski definition) is 3. The molecule has 0 amide bonds. The van der Waals surface area contributed by atoms with Gasteiger partial charge in [0.2, 0.25) is 0 Å². The largest absolute Gasteiger partial charge is 0.411 e. The van der Waals surface area contributed by atoms with E-state index in [1.54, 1.807) is 12.4 Å². The molecular weight excluding hydrogens is 288 g/mol. The van der Waals surface area contributed by atoms with Gasteiger partial charge >= 0.3 is 0 Å². The number of halogens is 1. The second kappa shape index (κ2) is 5.43. The van der Waals surface area contributed by atoms with E-state index in [9.17, 15) is 0 Å². The van der Waals surface area contributed by atoms with Crippen molar-refractivity contribution in [1.29, 1.82) is 0 Å². The third-order valence-electron chi connectivity index (χ3n) is 4.07. The zero-order chi connectivity index (χ0) is 15.0. The lowest BCUT2D eigenvalue weighted by Gasteiger charge is -2.36. The lowest BCUT2D eigenvalue weighted by atomic mass is 10.2. The summed E-state index contributed by atoms with van der Waals surface area (Å²) in [7, 11) is -1.78. The van der Waals surface area contributed by atoms with Crippen LogP contribution < -0.4 is 0 Å². The summed E-state index contributed by atoms with van der Waals surface area (Å²) < 4.78 is 6.24. The second-order valence-electron chi connectivity index (χ2n) is 6.53. The highest BCUT2D eigenvalue weighted by Crippen LogP contribution is 2.37. The molecule has 0 bridgehead atoms. The lowest BCUT2D eigenvalue weighted by Crippen LogP contribution is -2.40. The van der Waals surface area contributed by atoms with Crippen molar-refractivity contribution in [2.45, 2.75) is 45.5 Å². The molecule has 2 aromatic rings. The molecule has 0 unspecified atom stereocenters. The molecule has 5 heteroatoms. The van der Waals surface area contributed by atoms with Gasteiger partial charge in [0.1, 0.15) is 5.15 Å².